The zero-order valence-electron chi connectivity index (χ0n) is 9.62. The molecule has 0 atom stereocenters. The predicted molar refractivity (Wildman–Crippen MR) is 61.9 cm³/mol. The highest BCUT2D eigenvalue weighted by molar-refractivity contribution is 5.69. The minimum atomic E-state index is -0.299. The Hall–Kier alpha value is -1.35. The van der Waals surface area contributed by atoms with Gasteiger partial charge in [0.15, 0.2) is 0 Å². The number of esters is 1. The largest absolute Gasteiger partial charge is 0.427 e. The highest BCUT2D eigenvalue weighted by Gasteiger charge is 1.97. The molecule has 0 aliphatic rings. The highest BCUT2D eigenvalue weighted by Crippen LogP contribution is 2.12. The lowest BCUT2D eigenvalue weighted by Gasteiger charge is -2.02. The van der Waals surface area contributed by atoms with Crippen molar-refractivity contribution in [3.05, 3.63) is 29.8 Å². The van der Waals surface area contributed by atoms with E-state index in [1.807, 2.05) is 26.0 Å². The van der Waals surface area contributed by atoms with Gasteiger partial charge >= 0.3 is 5.97 Å². The van der Waals surface area contributed by atoms with Gasteiger partial charge in [0.1, 0.15) is 5.75 Å². The molecule has 0 saturated carbocycles. The van der Waals surface area contributed by atoms with Crippen LogP contribution < -0.4 is 10.5 Å². The summed E-state index contributed by atoms with van der Waals surface area (Å²) in [5.74, 6) is 0.278. The van der Waals surface area contributed by atoms with E-state index in [0.29, 0.717) is 12.3 Å². The Bertz CT molecular complexity index is 280. The molecule has 0 aromatic heterocycles. The first kappa shape index (κ1) is 13.7. The summed E-state index contributed by atoms with van der Waals surface area (Å²) in [6.07, 6.45) is 0.848. The van der Waals surface area contributed by atoms with E-state index in [4.69, 9.17) is 10.5 Å². The second-order valence-corrected chi connectivity index (χ2v) is 2.78. The van der Waals surface area contributed by atoms with E-state index in [2.05, 4.69) is 0 Å². The van der Waals surface area contributed by atoms with Gasteiger partial charge in [-0.3, -0.25) is 4.79 Å². The number of rotatable bonds is 3. The van der Waals surface area contributed by atoms with Crippen molar-refractivity contribution in [1.82, 2.24) is 0 Å². The standard InChI is InChI=1S/C10H13NO2.C2H6/c1-8(12)13-10-4-2-9(3-5-10)6-7-11;1-2/h2-5H,6-7,11H2,1H3;1-2H3. The molecule has 0 aliphatic heterocycles. The summed E-state index contributed by atoms with van der Waals surface area (Å²) in [5, 5.41) is 0. The quantitative estimate of drug-likeness (QED) is 0.613. The van der Waals surface area contributed by atoms with Crippen LogP contribution in [0.4, 0.5) is 0 Å². The molecule has 3 nitrogen and oxygen atoms in total. The fourth-order valence-electron chi connectivity index (χ4n) is 1.06. The first-order valence-corrected chi connectivity index (χ1v) is 5.20. The first-order valence-electron chi connectivity index (χ1n) is 5.20. The molecule has 15 heavy (non-hydrogen) atoms. The third kappa shape index (κ3) is 5.86. The third-order valence-electron chi connectivity index (χ3n) is 1.62. The van der Waals surface area contributed by atoms with Crippen LogP contribution in [0.15, 0.2) is 24.3 Å². The Balaban J connectivity index is 0.000000921. The fraction of sp³-hybridized carbons (Fsp3) is 0.417. The summed E-state index contributed by atoms with van der Waals surface area (Å²) in [4.78, 5) is 10.6. The third-order valence-corrected chi connectivity index (χ3v) is 1.62. The molecule has 0 heterocycles. The van der Waals surface area contributed by atoms with Crippen molar-refractivity contribution in [1.29, 1.82) is 0 Å². The van der Waals surface area contributed by atoms with Gasteiger partial charge in [-0.1, -0.05) is 26.0 Å². The van der Waals surface area contributed by atoms with Crippen LogP contribution in [-0.2, 0) is 11.2 Å². The summed E-state index contributed by atoms with van der Waals surface area (Å²) < 4.78 is 4.88. The molecule has 2 N–H and O–H groups in total. The molecule has 0 amide bonds. The molecule has 0 radical (unpaired) electrons. The van der Waals surface area contributed by atoms with Gasteiger partial charge in [0.25, 0.3) is 0 Å². The van der Waals surface area contributed by atoms with E-state index >= 15 is 0 Å². The fourth-order valence-corrected chi connectivity index (χ4v) is 1.06. The van der Waals surface area contributed by atoms with Crippen molar-refractivity contribution in [2.45, 2.75) is 27.2 Å². The van der Waals surface area contributed by atoms with Gasteiger partial charge in [-0.05, 0) is 30.7 Å². The summed E-state index contributed by atoms with van der Waals surface area (Å²) in [7, 11) is 0. The maximum atomic E-state index is 10.6. The van der Waals surface area contributed by atoms with Gasteiger partial charge in [-0.2, -0.15) is 0 Å². The number of hydrogen-bond acceptors (Lipinski definition) is 3. The molecule has 0 aliphatic carbocycles. The van der Waals surface area contributed by atoms with Crippen molar-refractivity contribution in [3.8, 4) is 5.75 Å². The number of hydrogen-bond donors (Lipinski definition) is 1. The molecule has 1 rings (SSSR count). The lowest BCUT2D eigenvalue weighted by Crippen LogP contribution is -2.03. The van der Waals surface area contributed by atoms with Crippen LogP contribution in [0.5, 0.6) is 5.75 Å². The average molecular weight is 209 g/mol. The second-order valence-electron chi connectivity index (χ2n) is 2.78. The maximum absolute atomic E-state index is 10.6. The van der Waals surface area contributed by atoms with Crippen LogP contribution in [-0.4, -0.2) is 12.5 Å². The van der Waals surface area contributed by atoms with E-state index in [-0.39, 0.29) is 5.97 Å². The zero-order chi connectivity index (χ0) is 11.7. The van der Waals surface area contributed by atoms with E-state index < -0.39 is 0 Å². The summed E-state index contributed by atoms with van der Waals surface area (Å²) in [6, 6.07) is 7.36. The molecule has 0 saturated heterocycles. The van der Waals surface area contributed by atoms with E-state index in [0.717, 1.165) is 12.0 Å². The number of nitrogens with two attached hydrogens (primary N) is 1. The Morgan fingerprint density at radius 2 is 1.80 bits per heavy atom. The summed E-state index contributed by atoms with van der Waals surface area (Å²) >= 11 is 0. The van der Waals surface area contributed by atoms with Crippen molar-refractivity contribution in [3.63, 3.8) is 0 Å². The van der Waals surface area contributed by atoms with E-state index in [1.54, 1.807) is 12.1 Å². The summed E-state index contributed by atoms with van der Waals surface area (Å²) in [6.45, 7) is 6.01. The molecule has 0 unspecified atom stereocenters. The molecular weight excluding hydrogens is 190 g/mol. The van der Waals surface area contributed by atoms with Crippen LogP contribution in [0.2, 0.25) is 0 Å². The highest BCUT2D eigenvalue weighted by atomic mass is 16.5. The average Bonchev–Trinajstić information content (AvgIpc) is 2.24. The van der Waals surface area contributed by atoms with Crippen LogP contribution in [0, 0.1) is 0 Å². The molecular formula is C12H19NO2. The second kappa shape index (κ2) is 8.00. The Morgan fingerprint density at radius 1 is 1.27 bits per heavy atom. The number of ether oxygens (including phenoxy) is 1. The number of benzene rings is 1. The lowest BCUT2D eigenvalue weighted by molar-refractivity contribution is -0.131. The Kier molecular flexibility index (Phi) is 7.28. The van der Waals surface area contributed by atoms with E-state index in [1.165, 1.54) is 6.92 Å². The van der Waals surface area contributed by atoms with Gasteiger partial charge in [0, 0.05) is 6.92 Å². The Labute approximate surface area is 91.2 Å². The van der Waals surface area contributed by atoms with Crippen molar-refractivity contribution < 1.29 is 9.53 Å². The van der Waals surface area contributed by atoms with Gasteiger partial charge in [0.2, 0.25) is 0 Å². The minimum Gasteiger partial charge on any atom is -0.427 e. The maximum Gasteiger partial charge on any atom is 0.308 e. The van der Waals surface area contributed by atoms with Crippen LogP contribution in [0.3, 0.4) is 0 Å². The van der Waals surface area contributed by atoms with Crippen LogP contribution >= 0.6 is 0 Å². The molecule has 1 aromatic rings. The first-order chi connectivity index (χ1) is 7.22. The Morgan fingerprint density at radius 3 is 2.20 bits per heavy atom. The molecule has 3 heteroatoms. The smallest absolute Gasteiger partial charge is 0.308 e. The monoisotopic (exact) mass is 209 g/mol. The normalized spacial score (nSPS) is 8.80. The van der Waals surface area contributed by atoms with Crippen molar-refractivity contribution in [2.75, 3.05) is 6.54 Å². The van der Waals surface area contributed by atoms with Crippen LogP contribution in [0.1, 0.15) is 26.3 Å². The zero-order valence-corrected chi connectivity index (χ0v) is 9.62. The lowest BCUT2D eigenvalue weighted by atomic mass is 10.1. The van der Waals surface area contributed by atoms with E-state index in [9.17, 15) is 4.79 Å². The van der Waals surface area contributed by atoms with Gasteiger partial charge in [0.05, 0.1) is 0 Å². The van der Waals surface area contributed by atoms with Crippen LogP contribution in [0.25, 0.3) is 0 Å². The van der Waals surface area contributed by atoms with Crippen molar-refractivity contribution >= 4 is 5.97 Å². The summed E-state index contributed by atoms with van der Waals surface area (Å²) in [5.41, 5.74) is 6.55. The SMILES string of the molecule is CC.CC(=O)Oc1ccc(CCN)cc1. The number of carbonyl (C=O) groups excluding carboxylic acids is 1. The van der Waals surface area contributed by atoms with Gasteiger partial charge in [-0.15, -0.1) is 0 Å². The number of carbonyl (C=O) groups is 1. The molecule has 0 spiro atoms. The molecule has 0 bridgehead atoms. The predicted octanol–water partition coefficient (Wildman–Crippen LogP) is 2.14. The molecule has 1 aromatic carbocycles. The van der Waals surface area contributed by atoms with Crippen molar-refractivity contribution in [2.24, 2.45) is 5.73 Å². The van der Waals surface area contributed by atoms with Gasteiger partial charge < -0.3 is 10.5 Å². The molecule has 0 fully saturated rings. The topological polar surface area (TPSA) is 52.3 Å². The minimum absolute atomic E-state index is 0.299. The molecule has 84 valence electrons. The van der Waals surface area contributed by atoms with Gasteiger partial charge in [-0.25, -0.2) is 0 Å².